The minimum absolute atomic E-state index is 0.974. The first-order chi connectivity index (χ1) is 6.34. The number of halogens is 1. The standard InChI is InChI=1S/C9H15BrN2S/c1-11-4-2-5-12-7-9-8(10)3-6-13-9/h3,6,11-12H,2,4-5,7H2,1H3. The van der Waals surface area contributed by atoms with Crippen LogP contribution in [0.15, 0.2) is 15.9 Å². The first-order valence-electron chi connectivity index (χ1n) is 4.42. The maximum atomic E-state index is 3.51. The maximum Gasteiger partial charge on any atom is 0.0327 e. The van der Waals surface area contributed by atoms with E-state index in [9.17, 15) is 0 Å². The highest BCUT2D eigenvalue weighted by molar-refractivity contribution is 9.10. The maximum absolute atomic E-state index is 3.51. The molecule has 1 aromatic heterocycles. The Bertz CT molecular complexity index is 237. The summed E-state index contributed by atoms with van der Waals surface area (Å²) in [6, 6.07) is 2.09. The summed E-state index contributed by atoms with van der Waals surface area (Å²) >= 11 is 5.30. The van der Waals surface area contributed by atoms with Gasteiger partial charge in [-0.05, 0) is 53.9 Å². The van der Waals surface area contributed by atoms with Crippen molar-refractivity contribution in [1.29, 1.82) is 0 Å². The third-order valence-corrected chi connectivity index (χ3v) is 3.68. The second-order valence-corrected chi connectivity index (χ2v) is 4.68. The van der Waals surface area contributed by atoms with Crippen molar-refractivity contribution in [3.8, 4) is 0 Å². The summed E-state index contributed by atoms with van der Waals surface area (Å²) in [5.74, 6) is 0. The molecule has 0 atom stereocenters. The van der Waals surface area contributed by atoms with Crippen molar-refractivity contribution in [2.24, 2.45) is 0 Å². The highest BCUT2D eigenvalue weighted by Gasteiger charge is 1.99. The van der Waals surface area contributed by atoms with Crippen LogP contribution in [0.2, 0.25) is 0 Å². The van der Waals surface area contributed by atoms with E-state index in [1.807, 2.05) is 7.05 Å². The first kappa shape index (κ1) is 11.2. The molecule has 0 aliphatic heterocycles. The summed E-state index contributed by atoms with van der Waals surface area (Å²) in [4.78, 5) is 1.38. The fourth-order valence-electron chi connectivity index (χ4n) is 1.04. The molecule has 0 aliphatic rings. The van der Waals surface area contributed by atoms with Crippen LogP contribution >= 0.6 is 27.3 Å². The molecule has 0 saturated heterocycles. The number of rotatable bonds is 6. The molecule has 0 aromatic carbocycles. The van der Waals surface area contributed by atoms with E-state index < -0.39 is 0 Å². The number of hydrogen-bond acceptors (Lipinski definition) is 3. The molecule has 0 unspecified atom stereocenters. The van der Waals surface area contributed by atoms with E-state index in [4.69, 9.17) is 0 Å². The zero-order valence-corrected chi connectivity index (χ0v) is 10.2. The van der Waals surface area contributed by atoms with Crippen LogP contribution in [0.4, 0.5) is 0 Å². The van der Waals surface area contributed by atoms with Gasteiger partial charge in [0.05, 0.1) is 0 Å². The highest BCUT2D eigenvalue weighted by atomic mass is 79.9. The van der Waals surface area contributed by atoms with Gasteiger partial charge in [0, 0.05) is 15.9 Å². The predicted molar refractivity (Wildman–Crippen MR) is 62.3 cm³/mol. The molecule has 0 bridgehead atoms. The SMILES string of the molecule is CNCCCNCc1sccc1Br. The molecule has 13 heavy (non-hydrogen) atoms. The fourth-order valence-corrected chi connectivity index (χ4v) is 2.51. The molecule has 2 N–H and O–H groups in total. The average Bonchev–Trinajstić information content (AvgIpc) is 2.52. The quantitative estimate of drug-likeness (QED) is 0.769. The lowest BCUT2D eigenvalue weighted by Gasteiger charge is -2.02. The number of thiophene rings is 1. The molecular weight excluding hydrogens is 248 g/mol. The van der Waals surface area contributed by atoms with Crippen molar-refractivity contribution in [2.75, 3.05) is 20.1 Å². The molecule has 0 radical (unpaired) electrons. The molecule has 0 spiro atoms. The van der Waals surface area contributed by atoms with E-state index in [1.165, 1.54) is 15.8 Å². The zero-order chi connectivity index (χ0) is 9.52. The van der Waals surface area contributed by atoms with Gasteiger partial charge in [-0.1, -0.05) is 0 Å². The van der Waals surface area contributed by atoms with Gasteiger partial charge in [0.15, 0.2) is 0 Å². The summed E-state index contributed by atoms with van der Waals surface area (Å²) in [7, 11) is 1.98. The second kappa shape index (κ2) is 6.54. The van der Waals surface area contributed by atoms with Gasteiger partial charge in [-0.2, -0.15) is 0 Å². The van der Waals surface area contributed by atoms with E-state index in [1.54, 1.807) is 11.3 Å². The van der Waals surface area contributed by atoms with Gasteiger partial charge < -0.3 is 10.6 Å². The van der Waals surface area contributed by atoms with E-state index in [2.05, 4.69) is 38.0 Å². The molecule has 0 fully saturated rings. The summed E-state index contributed by atoms with van der Waals surface area (Å²) in [6.45, 7) is 3.13. The Morgan fingerprint density at radius 1 is 1.46 bits per heavy atom. The smallest absolute Gasteiger partial charge is 0.0327 e. The monoisotopic (exact) mass is 262 g/mol. The van der Waals surface area contributed by atoms with Crippen LogP contribution in [-0.2, 0) is 6.54 Å². The third kappa shape index (κ3) is 4.22. The van der Waals surface area contributed by atoms with Gasteiger partial charge in [-0.15, -0.1) is 11.3 Å². The van der Waals surface area contributed by atoms with Crippen molar-refractivity contribution >= 4 is 27.3 Å². The van der Waals surface area contributed by atoms with Gasteiger partial charge in [-0.3, -0.25) is 0 Å². The zero-order valence-electron chi connectivity index (χ0n) is 7.77. The Balaban J connectivity index is 2.10. The molecular formula is C9H15BrN2S. The Hall–Kier alpha value is 0.100. The first-order valence-corrected chi connectivity index (χ1v) is 6.09. The summed E-state index contributed by atoms with van der Waals surface area (Å²) in [5, 5.41) is 8.64. The largest absolute Gasteiger partial charge is 0.320 e. The van der Waals surface area contributed by atoms with Crippen LogP contribution in [0.3, 0.4) is 0 Å². The van der Waals surface area contributed by atoms with Crippen molar-refractivity contribution in [2.45, 2.75) is 13.0 Å². The van der Waals surface area contributed by atoms with Gasteiger partial charge in [0.2, 0.25) is 0 Å². The van der Waals surface area contributed by atoms with Crippen LogP contribution in [0.1, 0.15) is 11.3 Å². The molecule has 1 heterocycles. The summed E-state index contributed by atoms with van der Waals surface area (Å²) in [6.07, 6.45) is 1.18. The van der Waals surface area contributed by atoms with Gasteiger partial charge in [-0.25, -0.2) is 0 Å². The average molecular weight is 263 g/mol. The molecule has 1 rings (SSSR count). The fraction of sp³-hybridized carbons (Fsp3) is 0.556. The van der Waals surface area contributed by atoms with Crippen molar-refractivity contribution in [3.05, 3.63) is 20.8 Å². The topological polar surface area (TPSA) is 24.1 Å². The van der Waals surface area contributed by atoms with Crippen molar-refractivity contribution in [1.82, 2.24) is 10.6 Å². The van der Waals surface area contributed by atoms with Crippen LogP contribution in [-0.4, -0.2) is 20.1 Å². The minimum Gasteiger partial charge on any atom is -0.320 e. The number of hydrogen-bond donors (Lipinski definition) is 2. The summed E-state index contributed by atoms with van der Waals surface area (Å²) in [5.41, 5.74) is 0. The van der Waals surface area contributed by atoms with E-state index in [-0.39, 0.29) is 0 Å². The molecule has 0 saturated carbocycles. The van der Waals surface area contributed by atoms with E-state index >= 15 is 0 Å². The molecule has 4 heteroatoms. The minimum atomic E-state index is 0.974. The lowest BCUT2D eigenvalue weighted by atomic mass is 10.4. The molecule has 1 aromatic rings. The Morgan fingerprint density at radius 3 is 2.92 bits per heavy atom. The van der Waals surface area contributed by atoms with Crippen molar-refractivity contribution in [3.63, 3.8) is 0 Å². The number of nitrogens with one attached hydrogen (secondary N) is 2. The van der Waals surface area contributed by atoms with Gasteiger partial charge >= 0.3 is 0 Å². The molecule has 0 aliphatic carbocycles. The Labute approximate surface area is 91.9 Å². The Morgan fingerprint density at radius 2 is 2.31 bits per heavy atom. The lowest BCUT2D eigenvalue weighted by Crippen LogP contribution is -2.19. The second-order valence-electron chi connectivity index (χ2n) is 2.83. The summed E-state index contributed by atoms with van der Waals surface area (Å²) < 4.78 is 1.22. The van der Waals surface area contributed by atoms with E-state index in [0.717, 1.165) is 19.6 Å². The molecule has 0 amide bonds. The van der Waals surface area contributed by atoms with Gasteiger partial charge in [0.1, 0.15) is 0 Å². The van der Waals surface area contributed by atoms with Crippen molar-refractivity contribution < 1.29 is 0 Å². The van der Waals surface area contributed by atoms with E-state index in [0.29, 0.717) is 0 Å². The predicted octanol–water partition coefficient (Wildman–Crippen LogP) is 2.21. The van der Waals surface area contributed by atoms with Crippen LogP contribution in [0.5, 0.6) is 0 Å². The Kier molecular flexibility index (Phi) is 5.62. The normalized spacial score (nSPS) is 10.6. The van der Waals surface area contributed by atoms with Gasteiger partial charge in [0.25, 0.3) is 0 Å². The van der Waals surface area contributed by atoms with Crippen LogP contribution in [0, 0.1) is 0 Å². The molecule has 2 nitrogen and oxygen atoms in total. The highest BCUT2D eigenvalue weighted by Crippen LogP contribution is 2.21. The third-order valence-electron chi connectivity index (χ3n) is 1.76. The molecule has 74 valence electrons. The van der Waals surface area contributed by atoms with Crippen LogP contribution < -0.4 is 10.6 Å². The van der Waals surface area contributed by atoms with Crippen LogP contribution in [0.25, 0.3) is 0 Å². The lowest BCUT2D eigenvalue weighted by molar-refractivity contribution is 0.628.